The van der Waals surface area contributed by atoms with Crippen LogP contribution in [0.2, 0.25) is 0 Å². The summed E-state index contributed by atoms with van der Waals surface area (Å²) in [5, 5.41) is 0. The Balaban J connectivity index is 1.49. The van der Waals surface area contributed by atoms with Crippen LogP contribution < -0.4 is 0 Å². The van der Waals surface area contributed by atoms with Crippen LogP contribution >= 0.6 is 0 Å². The molecular formula is C19H24N4O. The third kappa shape index (κ3) is 3.08. The van der Waals surface area contributed by atoms with E-state index in [1.807, 2.05) is 11.8 Å². The molecule has 3 fully saturated rings. The van der Waals surface area contributed by atoms with Crippen LogP contribution in [0.3, 0.4) is 0 Å². The van der Waals surface area contributed by atoms with E-state index < -0.39 is 0 Å². The predicted octanol–water partition coefficient (Wildman–Crippen LogP) is 2.45. The van der Waals surface area contributed by atoms with Crippen LogP contribution in [0.25, 0.3) is 0 Å². The summed E-state index contributed by atoms with van der Waals surface area (Å²) >= 11 is 0. The number of aryl methyl sites for hydroxylation is 1. The number of aromatic nitrogens is 2. The monoisotopic (exact) mass is 324 g/mol. The van der Waals surface area contributed by atoms with Gasteiger partial charge in [-0.25, -0.2) is 4.98 Å². The number of imidazole rings is 1. The normalized spacial score (nSPS) is 24.1. The summed E-state index contributed by atoms with van der Waals surface area (Å²) in [6, 6.07) is 11.1. The third-order valence-electron chi connectivity index (χ3n) is 5.25. The van der Waals surface area contributed by atoms with Crippen molar-refractivity contribution < 1.29 is 4.79 Å². The van der Waals surface area contributed by atoms with Gasteiger partial charge in [-0.2, -0.15) is 0 Å². The Morgan fingerprint density at radius 1 is 1.21 bits per heavy atom. The number of fused-ring (bicyclic) bond motifs is 4. The molecule has 1 amide bonds. The first-order valence-corrected chi connectivity index (χ1v) is 8.78. The minimum absolute atomic E-state index is 0.0431. The van der Waals surface area contributed by atoms with E-state index in [1.165, 1.54) is 18.4 Å². The largest absolute Gasteiger partial charge is 0.338 e. The molecule has 0 saturated carbocycles. The topological polar surface area (TPSA) is 52.2 Å². The van der Waals surface area contributed by atoms with Gasteiger partial charge in [-0.05, 0) is 31.2 Å². The number of rotatable bonds is 3. The fourth-order valence-electron chi connectivity index (χ4n) is 4.03. The Kier molecular flexibility index (Phi) is 4.10. The predicted molar refractivity (Wildman–Crippen MR) is 92.6 cm³/mol. The van der Waals surface area contributed by atoms with Crippen molar-refractivity contribution in [3.05, 3.63) is 53.6 Å². The molecule has 0 aliphatic carbocycles. The van der Waals surface area contributed by atoms with E-state index in [1.54, 1.807) is 6.20 Å². The molecule has 0 unspecified atom stereocenters. The van der Waals surface area contributed by atoms with E-state index in [2.05, 4.69) is 45.2 Å². The number of H-pyrrole nitrogens is 1. The van der Waals surface area contributed by atoms with Gasteiger partial charge in [-0.15, -0.1) is 0 Å². The molecule has 1 N–H and O–H groups in total. The molecule has 2 aromatic rings. The smallest absolute Gasteiger partial charge is 0.289 e. The van der Waals surface area contributed by atoms with E-state index >= 15 is 0 Å². The second kappa shape index (κ2) is 6.40. The van der Waals surface area contributed by atoms with Gasteiger partial charge in [-0.1, -0.05) is 30.3 Å². The fraction of sp³-hybridized carbons (Fsp3) is 0.474. The Morgan fingerprint density at radius 2 is 2.04 bits per heavy atom. The summed E-state index contributed by atoms with van der Waals surface area (Å²) < 4.78 is 0. The van der Waals surface area contributed by atoms with Crippen molar-refractivity contribution in [2.75, 3.05) is 19.6 Å². The zero-order chi connectivity index (χ0) is 16.5. The molecule has 126 valence electrons. The Hall–Kier alpha value is -2.14. The summed E-state index contributed by atoms with van der Waals surface area (Å²) in [5.74, 6) is 1.08. The van der Waals surface area contributed by atoms with E-state index in [9.17, 15) is 4.79 Å². The molecule has 0 spiro atoms. The fourth-order valence-corrected chi connectivity index (χ4v) is 4.03. The zero-order valence-electron chi connectivity index (χ0n) is 14.1. The molecule has 24 heavy (non-hydrogen) atoms. The van der Waals surface area contributed by atoms with Gasteiger partial charge in [0.25, 0.3) is 5.91 Å². The highest BCUT2D eigenvalue weighted by Crippen LogP contribution is 2.29. The third-order valence-corrected chi connectivity index (χ3v) is 5.25. The first-order valence-electron chi connectivity index (χ1n) is 8.78. The van der Waals surface area contributed by atoms with Crippen LogP contribution in [0.1, 0.15) is 34.7 Å². The molecule has 2 bridgehead atoms. The van der Waals surface area contributed by atoms with Crippen molar-refractivity contribution in [1.82, 2.24) is 19.8 Å². The van der Waals surface area contributed by atoms with Crippen LogP contribution in [0.5, 0.6) is 0 Å². The summed E-state index contributed by atoms with van der Waals surface area (Å²) in [6.45, 7) is 5.64. The second-order valence-corrected chi connectivity index (χ2v) is 7.14. The van der Waals surface area contributed by atoms with Gasteiger partial charge in [0.05, 0.1) is 0 Å². The number of aromatic amines is 1. The molecule has 5 nitrogen and oxygen atoms in total. The van der Waals surface area contributed by atoms with Crippen molar-refractivity contribution in [3.8, 4) is 0 Å². The number of nitrogens with one attached hydrogen (secondary N) is 1. The average molecular weight is 324 g/mol. The van der Waals surface area contributed by atoms with Gasteiger partial charge in [0.1, 0.15) is 0 Å². The lowest BCUT2D eigenvalue weighted by molar-refractivity contribution is 0.0725. The van der Waals surface area contributed by atoms with Crippen molar-refractivity contribution in [1.29, 1.82) is 0 Å². The maximum Gasteiger partial charge on any atom is 0.289 e. The average Bonchev–Trinajstić information content (AvgIpc) is 2.83. The quantitative estimate of drug-likeness (QED) is 0.943. The van der Waals surface area contributed by atoms with Crippen molar-refractivity contribution in [2.24, 2.45) is 5.92 Å². The summed E-state index contributed by atoms with van der Waals surface area (Å²) in [5.41, 5.74) is 2.28. The summed E-state index contributed by atoms with van der Waals surface area (Å²) in [6.07, 6.45) is 4.12. The van der Waals surface area contributed by atoms with Crippen molar-refractivity contribution in [2.45, 2.75) is 32.4 Å². The lowest BCUT2D eigenvalue weighted by Crippen LogP contribution is -2.44. The van der Waals surface area contributed by atoms with Gasteiger partial charge in [0, 0.05) is 44.1 Å². The number of hydrogen-bond donors (Lipinski definition) is 1. The van der Waals surface area contributed by atoms with Crippen LogP contribution in [-0.2, 0) is 6.54 Å². The molecule has 1 aromatic heterocycles. The van der Waals surface area contributed by atoms with Crippen molar-refractivity contribution >= 4 is 5.91 Å². The molecule has 0 radical (unpaired) electrons. The van der Waals surface area contributed by atoms with Crippen LogP contribution in [0.15, 0.2) is 36.5 Å². The van der Waals surface area contributed by atoms with Crippen LogP contribution in [0, 0.1) is 12.8 Å². The first-order chi connectivity index (χ1) is 11.7. The molecule has 5 heteroatoms. The molecule has 3 aliphatic rings. The zero-order valence-corrected chi connectivity index (χ0v) is 14.1. The van der Waals surface area contributed by atoms with Crippen molar-refractivity contribution in [3.63, 3.8) is 0 Å². The molecule has 1 aromatic carbocycles. The Morgan fingerprint density at radius 3 is 2.79 bits per heavy atom. The Bertz CT molecular complexity index is 711. The minimum atomic E-state index is 0.0431. The highest BCUT2D eigenvalue weighted by molar-refractivity contribution is 5.90. The van der Waals surface area contributed by atoms with Gasteiger partial charge >= 0.3 is 0 Å². The number of piperidine rings is 1. The van der Waals surface area contributed by atoms with E-state index in [0.717, 1.165) is 31.9 Å². The SMILES string of the molecule is Cc1cnc(C(=O)N2C[C@@H]3CC[C@H](C2)N(Cc2ccccc2)C3)[nH]1. The minimum Gasteiger partial charge on any atom is -0.338 e. The number of hydrogen-bond acceptors (Lipinski definition) is 3. The molecule has 2 atom stereocenters. The molecule has 3 aliphatic heterocycles. The summed E-state index contributed by atoms with van der Waals surface area (Å²) in [4.78, 5) is 24.6. The van der Waals surface area contributed by atoms with Crippen LogP contribution in [0.4, 0.5) is 0 Å². The highest BCUT2D eigenvalue weighted by atomic mass is 16.2. The second-order valence-electron chi connectivity index (χ2n) is 7.14. The Labute approximate surface area is 142 Å². The highest BCUT2D eigenvalue weighted by Gasteiger charge is 2.37. The standard InChI is InChI=1S/C19H24N4O/c1-14-9-20-18(21-14)19(24)23-12-16-7-8-17(13-23)22(11-16)10-15-5-3-2-4-6-15/h2-6,9,16-17H,7-8,10-13H2,1H3,(H,20,21)/t16-,17-/m1/s1. The number of carbonyl (C=O) groups excluding carboxylic acids is 1. The van der Waals surface area contributed by atoms with Crippen LogP contribution in [-0.4, -0.2) is 51.4 Å². The summed E-state index contributed by atoms with van der Waals surface area (Å²) in [7, 11) is 0. The molecular weight excluding hydrogens is 300 g/mol. The van der Waals surface area contributed by atoms with Gasteiger partial charge in [0.2, 0.25) is 0 Å². The number of benzene rings is 1. The van der Waals surface area contributed by atoms with Gasteiger partial charge < -0.3 is 9.88 Å². The lowest BCUT2D eigenvalue weighted by atomic mass is 9.94. The number of nitrogens with zero attached hydrogens (tertiary/aromatic N) is 3. The maximum absolute atomic E-state index is 12.8. The van der Waals surface area contributed by atoms with E-state index in [-0.39, 0.29) is 5.91 Å². The van der Waals surface area contributed by atoms with E-state index in [0.29, 0.717) is 17.8 Å². The first kappa shape index (κ1) is 15.4. The number of carbonyl (C=O) groups is 1. The van der Waals surface area contributed by atoms with Gasteiger partial charge in [0.15, 0.2) is 5.82 Å². The number of amides is 1. The molecule has 4 heterocycles. The maximum atomic E-state index is 12.8. The molecule has 5 rings (SSSR count). The van der Waals surface area contributed by atoms with Gasteiger partial charge in [-0.3, -0.25) is 9.69 Å². The molecule has 3 saturated heterocycles. The lowest BCUT2D eigenvalue weighted by Gasteiger charge is -2.36. The van der Waals surface area contributed by atoms with E-state index in [4.69, 9.17) is 0 Å².